The molecule has 1 atom stereocenters. The van der Waals surface area contributed by atoms with Gasteiger partial charge in [-0.1, -0.05) is 47.5 Å². The second-order valence-corrected chi connectivity index (χ2v) is 5.49. The average molecular weight is 299 g/mol. The molecule has 2 aromatic rings. The van der Waals surface area contributed by atoms with E-state index in [1.54, 1.807) is 43.3 Å². The molecule has 0 aliphatic rings. The molecule has 100 valence electrons. The molecule has 0 heterocycles. The van der Waals surface area contributed by atoms with Crippen LogP contribution in [0.4, 0.5) is 4.39 Å². The maximum Gasteiger partial charge on any atom is 0.142 e. The SMILES string of the molecule is CC(O)(Cc1cccc(F)c1Cl)c1cccc(Cl)c1. The quantitative estimate of drug-likeness (QED) is 0.879. The van der Waals surface area contributed by atoms with E-state index in [1.165, 1.54) is 6.07 Å². The molecule has 0 saturated carbocycles. The fourth-order valence-electron chi connectivity index (χ4n) is 1.98. The van der Waals surface area contributed by atoms with Gasteiger partial charge in [-0.3, -0.25) is 0 Å². The summed E-state index contributed by atoms with van der Waals surface area (Å²) in [7, 11) is 0. The molecule has 0 amide bonds. The zero-order chi connectivity index (χ0) is 14.0. The van der Waals surface area contributed by atoms with Gasteiger partial charge >= 0.3 is 0 Å². The Morgan fingerprint density at radius 3 is 2.53 bits per heavy atom. The first-order chi connectivity index (χ1) is 8.90. The first-order valence-electron chi connectivity index (χ1n) is 5.81. The molecule has 0 radical (unpaired) electrons. The molecule has 2 rings (SSSR count). The van der Waals surface area contributed by atoms with Crippen LogP contribution in [0.25, 0.3) is 0 Å². The van der Waals surface area contributed by atoms with Gasteiger partial charge < -0.3 is 5.11 Å². The van der Waals surface area contributed by atoms with E-state index in [0.717, 1.165) is 0 Å². The summed E-state index contributed by atoms with van der Waals surface area (Å²) >= 11 is 11.8. The van der Waals surface area contributed by atoms with Crippen LogP contribution < -0.4 is 0 Å². The normalized spacial score (nSPS) is 14.2. The largest absolute Gasteiger partial charge is 0.385 e. The number of benzene rings is 2. The van der Waals surface area contributed by atoms with Crippen molar-refractivity contribution < 1.29 is 9.50 Å². The van der Waals surface area contributed by atoms with Crippen LogP contribution >= 0.6 is 23.2 Å². The molecule has 0 aliphatic carbocycles. The Balaban J connectivity index is 2.33. The van der Waals surface area contributed by atoms with Crippen molar-refractivity contribution in [2.24, 2.45) is 0 Å². The number of hydrogen-bond donors (Lipinski definition) is 1. The lowest BCUT2D eigenvalue weighted by Gasteiger charge is -2.24. The second-order valence-electron chi connectivity index (χ2n) is 4.67. The van der Waals surface area contributed by atoms with Crippen LogP contribution in [0.2, 0.25) is 10.0 Å². The Hall–Kier alpha value is -1.09. The summed E-state index contributed by atoms with van der Waals surface area (Å²) in [5.41, 5.74) is 0.0643. The van der Waals surface area contributed by atoms with E-state index in [0.29, 0.717) is 16.1 Å². The molecule has 1 unspecified atom stereocenters. The first kappa shape index (κ1) is 14.3. The van der Waals surface area contributed by atoms with Gasteiger partial charge in [-0.25, -0.2) is 4.39 Å². The highest BCUT2D eigenvalue weighted by Gasteiger charge is 2.25. The smallest absolute Gasteiger partial charge is 0.142 e. The lowest BCUT2D eigenvalue weighted by Crippen LogP contribution is -2.24. The van der Waals surface area contributed by atoms with E-state index in [-0.39, 0.29) is 11.4 Å². The lowest BCUT2D eigenvalue weighted by atomic mass is 9.89. The third-order valence-electron chi connectivity index (χ3n) is 3.01. The highest BCUT2D eigenvalue weighted by atomic mass is 35.5. The van der Waals surface area contributed by atoms with Crippen molar-refractivity contribution >= 4 is 23.2 Å². The molecule has 0 fully saturated rings. The van der Waals surface area contributed by atoms with Gasteiger partial charge in [0, 0.05) is 11.4 Å². The van der Waals surface area contributed by atoms with Crippen LogP contribution in [-0.2, 0) is 12.0 Å². The summed E-state index contributed by atoms with van der Waals surface area (Å²) in [5, 5.41) is 11.1. The Morgan fingerprint density at radius 1 is 1.16 bits per heavy atom. The van der Waals surface area contributed by atoms with Gasteiger partial charge in [0.25, 0.3) is 0 Å². The Kier molecular flexibility index (Phi) is 4.14. The predicted molar refractivity (Wildman–Crippen MR) is 76.1 cm³/mol. The minimum Gasteiger partial charge on any atom is -0.385 e. The molecule has 0 spiro atoms. The van der Waals surface area contributed by atoms with Crippen LogP contribution in [0, 0.1) is 5.82 Å². The molecule has 1 N–H and O–H groups in total. The standard InChI is InChI=1S/C15H13Cl2FO/c1-15(19,11-5-3-6-12(16)8-11)9-10-4-2-7-13(18)14(10)17/h2-8,19H,9H2,1H3. The van der Waals surface area contributed by atoms with Crippen molar-refractivity contribution in [1.29, 1.82) is 0 Å². The summed E-state index contributed by atoms with van der Waals surface area (Å²) in [4.78, 5) is 0. The second kappa shape index (κ2) is 5.49. The number of rotatable bonds is 3. The fourth-order valence-corrected chi connectivity index (χ4v) is 2.36. The zero-order valence-electron chi connectivity index (χ0n) is 10.3. The van der Waals surface area contributed by atoms with Crippen LogP contribution in [0.15, 0.2) is 42.5 Å². The first-order valence-corrected chi connectivity index (χ1v) is 6.57. The Labute approximate surface area is 121 Å². The Bertz CT molecular complexity index is 596. The highest BCUT2D eigenvalue weighted by Crippen LogP contribution is 2.30. The van der Waals surface area contributed by atoms with Crippen molar-refractivity contribution in [2.45, 2.75) is 18.9 Å². The maximum absolute atomic E-state index is 13.4. The summed E-state index contributed by atoms with van der Waals surface area (Å²) in [5.74, 6) is -0.485. The molecular formula is C15H13Cl2FO. The van der Waals surface area contributed by atoms with Crippen molar-refractivity contribution in [3.05, 3.63) is 69.5 Å². The van der Waals surface area contributed by atoms with Gasteiger partial charge in [-0.2, -0.15) is 0 Å². The minimum atomic E-state index is -1.16. The molecule has 0 aromatic heterocycles. The van der Waals surface area contributed by atoms with Crippen LogP contribution in [-0.4, -0.2) is 5.11 Å². The number of aliphatic hydroxyl groups is 1. The maximum atomic E-state index is 13.4. The third-order valence-corrected chi connectivity index (χ3v) is 3.67. The summed E-state index contributed by atoms with van der Waals surface area (Å²) < 4.78 is 13.4. The van der Waals surface area contributed by atoms with Gasteiger partial charge in [0.05, 0.1) is 10.6 Å². The molecule has 0 bridgehead atoms. The minimum absolute atomic E-state index is 0.0461. The van der Waals surface area contributed by atoms with E-state index in [2.05, 4.69) is 0 Å². The van der Waals surface area contributed by atoms with E-state index in [4.69, 9.17) is 23.2 Å². The highest BCUT2D eigenvalue weighted by molar-refractivity contribution is 6.31. The number of halogens is 3. The van der Waals surface area contributed by atoms with Crippen molar-refractivity contribution in [3.8, 4) is 0 Å². The van der Waals surface area contributed by atoms with E-state index in [1.807, 2.05) is 0 Å². The Morgan fingerprint density at radius 2 is 1.84 bits per heavy atom. The predicted octanol–water partition coefficient (Wildman–Crippen LogP) is 4.58. The molecule has 1 nitrogen and oxygen atoms in total. The molecule has 4 heteroatoms. The average Bonchev–Trinajstić information content (AvgIpc) is 2.35. The van der Waals surface area contributed by atoms with Crippen LogP contribution in [0.3, 0.4) is 0 Å². The zero-order valence-corrected chi connectivity index (χ0v) is 11.8. The van der Waals surface area contributed by atoms with Crippen molar-refractivity contribution in [1.82, 2.24) is 0 Å². The van der Waals surface area contributed by atoms with Gasteiger partial charge in [0.15, 0.2) is 0 Å². The molecule has 19 heavy (non-hydrogen) atoms. The van der Waals surface area contributed by atoms with Gasteiger partial charge in [0.1, 0.15) is 5.82 Å². The lowest BCUT2D eigenvalue weighted by molar-refractivity contribution is 0.0576. The van der Waals surface area contributed by atoms with Crippen molar-refractivity contribution in [3.63, 3.8) is 0 Å². The van der Waals surface area contributed by atoms with E-state index >= 15 is 0 Å². The molecular weight excluding hydrogens is 286 g/mol. The monoisotopic (exact) mass is 298 g/mol. The molecule has 0 aliphatic heterocycles. The fraction of sp³-hybridized carbons (Fsp3) is 0.200. The summed E-state index contributed by atoms with van der Waals surface area (Å²) in [6.45, 7) is 1.65. The molecule has 2 aromatic carbocycles. The number of hydrogen-bond acceptors (Lipinski definition) is 1. The van der Waals surface area contributed by atoms with E-state index < -0.39 is 11.4 Å². The van der Waals surface area contributed by atoms with Crippen LogP contribution in [0.5, 0.6) is 0 Å². The van der Waals surface area contributed by atoms with Crippen LogP contribution in [0.1, 0.15) is 18.1 Å². The molecule has 0 saturated heterocycles. The van der Waals surface area contributed by atoms with Crippen molar-refractivity contribution in [2.75, 3.05) is 0 Å². The van der Waals surface area contributed by atoms with Gasteiger partial charge in [0.2, 0.25) is 0 Å². The topological polar surface area (TPSA) is 20.2 Å². The summed E-state index contributed by atoms with van der Waals surface area (Å²) in [6.07, 6.45) is 0.212. The van der Waals surface area contributed by atoms with Gasteiger partial charge in [-0.05, 0) is 36.2 Å². The third kappa shape index (κ3) is 3.27. The van der Waals surface area contributed by atoms with E-state index in [9.17, 15) is 9.50 Å². The summed E-state index contributed by atoms with van der Waals surface area (Å²) in [6, 6.07) is 11.5. The van der Waals surface area contributed by atoms with Gasteiger partial charge in [-0.15, -0.1) is 0 Å².